The fourth-order valence-corrected chi connectivity index (χ4v) is 5.97. The predicted molar refractivity (Wildman–Crippen MR) is 116 cm³/mol. The molecule has 0 bridgehead atoms. The van der Waals surface area contributed by atoms with E-state index in [2.05, 4.69) is 17.2 Å². The number of hydrogen-bond acceptors (Lipinski definition) is 5. The van der Waals surface area contributed by atoms with Gasteiger partial charge in [0.15, 0.2) is 5.13 Å². The van der Waals surface area contributed by atoms with Crippen molar-refractivity contribution in [2.24, 2.45) is 0 Å². The lowest BCUT2D eigenvalue weighted by Crippen LogP contribution is -2.35. The molecule has 4 rings (SSSR count). The normalized spacial score (nSPS) is 15.5. The van der Waals surface area contributed by atoms with E-state index < -0.39 is 10.0 Å². The van der Waals surface area contributed by atoms with E-state index in [1.807, 2.05) is 18.2 Å². The van der Waals surface area contributed by atoms with Crippen LogP contribution >= 0.6 is 11.3 Å². The number of para-hydroxylation sites is 1. The molecule has 8 heteroatoms. The number of carbonyl (C=O) groups excluding carboxylic acids is 1. The maximum atomic E-state index is 12.7. The number of carbonyl (C=O) groups is 1. The zero-order chi connectivity index (χ0) is 20.4. The Hall–Kier alpha value is -2.29. The van der Waals surface area contributed by atoms with Gasteiger partial charge < -0.3 is 0 Å². The van der Waals surface area contributed by atoms with Crippen molar-refractivity contribution in [3.05, 3.63) is 53.6 Å². The van der Waals surface area contributed by atoms with E-state index in [9.17, 15) is 13.2 Å². The highest BCUT2D eigenvalue weighted by molar-refractivity contribution is 7.89. The monoisotopic (exact) mass is 429 g/mol. The van der Waals surface area contributed by atoms with Gasteiger partial charge in [0.25, 0.3) is 5.91 Å². The number of thiazole rings is 1. The number of hydrogen-bond donors (Lipinski definition) is 1. The first kappa shape index (κ1) is 20.0. The third-order valence-corrected chi connectivity index (χ3v) is 8.02. The van der Waals surface area contributed by atoms with Crippen molar-refractivity contribution in [2.75, 3.05) is 18.4 Å². The van der Waals surface area contributed by atoms with Gasteiger partial charge in [-0.3, -0.25) is 10.1 Å². The summed E-state index contributed by atoms with van der Waals surface area (Å²) in [5.41, 5.74) is 2.46. The van der Waals surface area contributed by atoms with Gasteiger partial charge in [0, 0.05) is 18.7 Å². The summed E-state index contributed by atoms with van der Waals surface area (Å²) in [6.45, 7) is 3.19. The highest BCUT2D eigenvalue weighted by atomic mass is 32.2. The Labute approximate surface area is 174 Å². The molecule has 1 aliphatic rings. The minimum Gasteiger partial charge on any atom is -0.298 e. The topological polar surface area (TPSA) is 79.4 Å². The number of rotatable bonds is 5. The SMILES string of the molecule is CCc1cccc2sc(NC(=O)c3ccc(S(=O)(=O)N4CCCCC4)cc3)nc12. The number of aryl methyl sites for hydroxylation is 1. The lowest BCUT2D eigenvalue weighted by Gasteiger charge is -2.25. The first-order valence-electron chi connectivity index (χ1n) is 9.79. The maximum absolute atomic E-state index is 12.7. The summed E-state index contributed by atoms with van der Waals surface area (Å²) >= 11 is 1.43. The number of piperidine rings is 1. The number of aromatic nitrogens is 1. The van der Waals surface area contributed by atoms with E-state index >= 15 is 0 Å². The maximum Gasteiger partial charge on any atom is 0.257 e. The van der Waals surface area contributed by atoms with E-state index in [0.717, 1.165) is 41.5 Å². The molecule has 0 saturated carbocycles. The molecular formula is C21H23N3O3S2. The molecule has 0 radical (unpaired) electrons. The van der Waals surface area contributed by atoms with Crippen molar-refractivity contribution in [3.8, 4) is 0 Å². The summed E-state index contributed by atoms with van der Waals surface area (Å²) in [5.74, 6) is -0.302. The number of sulfonamides is 1. The van der Waals surface area contributed by atoms with Gasteiger partial charge in [0.1, 0.15) is 0 Å². The van der Waals surface area contributed by atoms with Crippen LogP contribution in [0.5, 0.6) is 0 Å². The van der Waals surface area contributed by atoms with Crippen molar-refractivity contribution in [3.63, 3.8) is 0 Å². The van der Waals surface area contributed by atoms with E-state index in [1.54, 1.807) is 12.1 Å². The summed E-state index contributed by atoms with van der Waals surface area (Å²) in [6.07, 6.45) is 3.72. The second-order valence-corrected chi connectivity index (χ2v) is 10.0. The average molecular weight is 430 g/mol. The van der Waals surface area contributed by atoms with Crippen LogP contribution in [0.2, 0.25) is 0 Å². The van der Waals surface area contributed by atoms with Crippen LogP contribution in [0.15, 0.2) is 47.4 Å². The quantitative estimate of drug-likeness (QED) is 0.656. The number of benzene rings is 2. The van der Waals surface area contributed by atoms with Crippen LogP contribution in [0.1, 0.15) is 42.1 Å². The number of amides is 1. The molecule has 2 heterocycles. The van der Waals surface area contributed by atoms with Crippen LogP contribution in [-0.4, -0.2) is 36.7 Å². The Morgan fingerprint density at radius 3 is 2.52 bits per heavy atom. The molecule has 29 heavy (non-hydrogen) atoms. The second-order valence-electron chi connectivity index (χ2n) is 7.08. The number of nitrogens with one attached hydrogen (secondary N) is 1. The molecule has 1 N–H and O–H groups in total. The molecule has 1 aromatic heterocycles. The first-order valence-corrected chi connectivity index (χ1v) is 12.0. The summed E-state index contributed by atoms with van der Waals surface area (Å²) in [7, 11) is -3.50. The van der Waals surface area contributed by atoms with Crippen LogP contribution in [0.25, 0.3) is 10.2 Å². The van der Waals surface area contributed by atoms with Gasteiger partial charge in [-0.1, -0.05) is 36.8 Å². The molecule has 0 spiro atoms. The van der Waals surface area contributed by atoms with Crippen LogP contribution in [0.4, 0.5) is 5.13 Å². The Bertz CT molecular complexity index is 1130. The molecular weight excluding hydrogens is 406 g/mol. The molecule has 1 amide bonds. The molecule has 2 aromatic carbocycles. The standard InChI is InChI=1S/C21H23N3O3S2/c1-2-15-7-6-8-18-19(15)22-21(28-18)23-20(25)16-9-11-17(12-10-16)29(26,27)24-13-4-3-5-14-24/h6-12H,2-5,13-14H2,1H3,(H,22,23,25). The van der Waals surface area contributed by atoms with Gasteiger partial charge >= 0.3 is 0 Å². The largest absolute Gasteiger partial charge is 0.298 e. The molecule has 1 saturated heterocycles. The Morgan fingerprint density at radius 2 is 1.83 bits per heavy atom. The van der Waals surface area contributed by atoms with Crippen molar-refractivity contribution in [1.82, 2.24) is 9.29 Å². The van der Waals surface area contributed by atoms with Crippen molar-refractivity contribution in [1.29, 1.82) is 0 Å². The molecule has 0 aliphatic carbocycles. The summed E-state index contributed by atoms with van der Waals surface area (Å²) in [5, 5.41) is 3.37. The smallest absolute Gasteiger partial charge is 0.257 e. The third kappa shape index (κ3) is 4.05. The lowest BCUT2D eigenvalue weighted by atomic mass is 10.1. The van der Waals surface area contributed by atoms with Crippen LogP contribution in [-0.2, 0) is 16.4 Å². The highest BCUT2D eigenvalue weighted by Crippen LogP contribution is 2.29. The third-order valence-electron chi connectivity index (χ3n) is 5.17. The van der Waals surface area contributed by atoms with Gasteiger partial charge in [0.05, 0.1) is 15.1 Å². The van der Waals surface area contributed by atoms with E-state index in [4.69, 9.17) is 0 Å². The Balaban J connectivity index is 1.51. The van der Waals surface area contributed by atoms with Gasteiger partial charge in [-0.2, -0.15) is 4.31 Å². The van der Waals surface area contributed by atoms with E-state index in [-0.39, 0.29) is 10.8 Å². The van der Waals surface area contributed by atoms with Crippen molar-refractivity contribution < 1.29 is 13.2 Å². The fourth-order valence-electron chi connectivity index (χ4n) is 3.55. The van der Waals surface area contributed by atoms with Crippen molar-refractivity contribution >= 4 is 42.6 Å². The van der Waals surface area contributed by atoms with E-state index in [0.29, 0.717) is 23.8 Å². The fraction of sp³-hybridized carbons (Fsp3) is 0.333. The van der Waals surface area contributed by atoms with Crippen LogP contribution in [0.3, 0.4) is 0 Å². The van der Waals surface area contributed by atoms with Gasteiger partial charge in [0.2, 0.25) is 10.0 Å². The molecule has 6 nitrogen and oxygen atoms in total. The zero-order valence-corrected chi connectivity index (χ0v) is 17.9. The summed E-state index contributed by atoms with van der Waals surface area (Å²) in [4.78, 5) is 17.4. The molecule has 1 aliphatic heterocycles. The first-order chi connectivity index (χ1) is 14.0. The summed E-state index contributed by atoms with van der Waals surface area (Å²) in [6, 6.07) is 12.1. The highest BCUT2D eigenvalue weighted by Gasteiger charge is 2.26. The number of nitrogens with zero attached hydrogens (tertiary/aromatic N) is 2. The second kappa shape index (κ2) is 8.22. The minimum atomic E-state index is -3.50. The van der Waals surface area contributed by atoms with Gasteiger partial charge in [-0.15, -0.1) is 0 Å². The van der Waals surface area contributed by atoms with Gasteiger partial charge in [-0.25, -0.2) is 13.4 Å². The van der Waals surface area contributed by atoms with Crippen LogP contribution in [0, 0.1) is 0 Å². The Morgan fingerprint density at radius 1 is 1.10 bits per heavy atom. The zero-order valence-electron chi connectivity index (χ0n) is 16.2. The van der Waals surface area contributed by atoms with E-state index in [1.165, 1.54) is 27.8 Å². The minimum absolute atomic E-state index is 0.225. The number of anilines is 1. The predicted octanol–water partition coefficient (Wildman–Crippen LogP) is 4.29. The molecule has 1 fully saturated rings. The lowest BCUT2D eigenvalue weighted by molar-refractivity contribution is 0.102. The van der Waals surface area contributed by atoms with Gasteiger partial charge in [-0.05, 0) is 55.2 Å². The van der Waals surface area contributed by atoms with Crippen molar-refractivity contribution in [2.45, 2.75) is 37.5 Å². The van der Waals surface area contributed by atoms with Crippen LogP contribution < -0.4 is 5.32 Å². The molecule has 0 unspecified atom stereocenters. The molecule has 3 aromatic rings. The average Bonchev–Trinajstić information content (AvgIpc) is 3.17. The summed E-state index contributed by atoms with van der Waals surface area (Å²) < 4.78 is 28.0. The molecule has 152 valence electrons. The Kier molecular flexibility index (Phi) is 5.67. The molecule has 0 atom stereocenters. The number of fused-ring (bicyclic) bond motifs is 1.